The van der Waals surface area contributed by atoms with Gasteiger partial charge in [-0.15, -0.1) is 0 Å². The molecule has 0 aromatic heterocycles. The zero-order valence-electron chi connectivity index (χ0n) is 8.47. The normalized spacial score (nSPS) is 9.19. The summed E-state index contributed by atoms with van der Waals surface area (Å²) in [6, 6.07) is 4.19. The molecule has 0 spiro atoms. The summed E-state index contributed by atoms with van der Waals surface area (Å²) in [5.41, 5.74) is 0.508. The fraction of sp³-hybridized carbons (Fsp3) is 0.111. The summed E-state index contributed by atoms with van der Waals surface area (Å²) < 4.78 is 0. The molecule has 0 atom stereocenters. The maximum Gasteiger partial charge on any atom is 0.490 e. The minimum absolute atomic E-state index is 0.0228. The molecular weight excluding hydrogens is 211 g/mol. The number of anilines is 1. The molecule has 0 unspecified atom stereocenters. The molecule has 1 aromatic carbocycles. The molecule has 0 fully saturated rings. The third kappa shape index (κ3) is 3.03. The van der Waals surface area contributed by atoms with Crippen LogP contribution in [0.1, 0.15) is 6.92 Å². The van der Waals surface area contributed by atoms with E-state index < -0.39 is 7.12 Å². The first-order valence-corrected chi connectivity index (χ1v) is 4.40. The molecule has 0 saturated carbocycles. The van der Waals surface area contributed by atoms with Gasteiger partial charge in [-0.2, -0.15) is 4.99 Å². The van der Waals surface area contributed by atoms with Crippen molar-refractivity contribution in [3.63, 3.8) is 0 Å². The van der Waals surface area contributed by atoms with Gasteiger partial charge in [0.1, 0.15) is 0 Å². The van der Waals surface area contributed by atoms with E-state index in [1.165, 1.54) is 31.2 Å². The van der Waals surface area contributed by atoms with Gasteiger partial charge in [0.25, 0.3) is 0 Å². The minimum atomic E-state index is -1.78. The maximum absolute atomic E-state index is 10.8. The second-order valence-corrected chi connectivity index (χ2v) is 3.03. The Balaban J connectivity index is 3.16. The van der Waals surface area contributed by atoms with Gasteiger partial charge in [-0.25, -0.2) is 4.79 Å². The van der Waals surface area contributed by atoms with E-state index >= 15 is 0 Å². The standard InChI is InChI=1S/C9H9BN2O4/c1-6(14)12-7-2-3-9(11-5-13)8(4-7)10(15)16/h2-4,15-16H,1H3,(H,12,14). The summed E-state index contributed by atoms with van der Waals surface area (Å²) in [5.74, 6) is -0.287. The summed E-state index contributed by atoms with van der Waals surface area (Å²) >= 11 is 0. The van der Waals surface area contributed by atoms with E-state index in [2.05, 4.69) is 10.3 Å². The predicted molar refractivity (Wildman–Crippen MR) is 58.4 cm³/mol. The largest absolute Gasteiger partial charge is 0.490 e. The predicted octanol–water partition coefficient (Wildman–Crippen LogP) is -0.708. The summed E-state index contributed by atoms with van der Waals surface area (Å²) in [7, 11) is -1.78. The molecule has 1 aromatic rings. The van der Waals surface area contributed by atoms with E-state index in [0.717, 1.165) is 0 Å². The molecule has 82 valence electrons. The quantitative estimate of drug-likeness (QED) is 0.356. The van der Waals surface area contributed by atoms with Gasteiger partial charge < -0.3 is 15.4 Å². The van der Waals surface area contributed by atoms with Crippen LogP contribution in [0.3, 0.4) is 0 Å². The first-order chi connectivity index (χ1) is 7.54. The van der Waals surface area contributed by atoms with Crippen LogP contribution >= 0.6 is 0 Å². The second kappa shape index (κ2) is 5.23. The van der Waals surface area contributed by atoms with Crippen LogP contribution in [-0.2, 0) is 9.59 Å². The molecule has 3 N–H and O–H groups in total. The number of benzene rings is 1. The fourth-order valence-corrected chi connectivity index (χ4v) is 1.19. The molecule has 0 saturated heterocycles. The van der Waals surface area contributed by atoms with E-state index in [1.807, 2.05) is 0 Å². The van der Waals surface area contributed by atoms with Crippen LogP contribution < -0.4 is 10.8 Å². The molecule has 1 amide bonds. The van der Waals surface area contributed by atoms with Gasteiger partial charge in [-0.1, -0.05) is 0 Å². The van der Waals surface area contributed by atoms with Gasteiger partial charge in [-0.3, -0.25) is 4.79 Å². The SMILES string of the molecule is CC(=O)Nc1ccc(N=C=O)c(B(O)O)c1. The molecule has 16 heavy (non-hydrogen) atoms. The van der Waals surface area contributed by atoms with E-state index in [1.54, 1.807) is 0 Å². The second-order valence-electron chi connectivity index (χ2n) is 3.03. The lowest BCUT2D eigenvalue weighted by Gasteiger charge is -2.07. The summed E-state index contributed by atoms with van der Waals surface area (Å²) in [6.07, 6.45) is 1.30. The van der Waals surface area contributed by atoms with Gasteiger partial charge >= 0.3 is 7.12 Å². The molecule has 7 heteroatoms. The van der Waals surface area contributed by atoms with E-state index in [0.29, 0.717) is 5.69 Å². The molecule has 1 rings (SSSR count). The van der Waals surface area contributed by atoms with Crippen LogP contribution in [0.25, 0.3) is 0 Å². The third-order valence-electron chi connectivity index (χ3n) is 1.79. The number of nitrogens with one attached hydrogen (secondary N) is 1. The number of amides is 1. The van der Waals surface area contributed by atoms with Crippen LogP contribution in [-0.4, -0.2) is 29.2 Å². The van der Waals surface area contributed by atoms with Crippen molar-refractivity contribution in [3.05, 3.63) is 18.2 Å². The van der Waals surface area contributed by atoms with Crippen LogP contribution in [0.5, 0.6) is 0 Å². The molecular formula is C9H9BN2O4. The van der Waals surface area contributed by atoms with E-state index in [4.69, 9.17) is 10.0 Å². The third-order valence-corrected chi connectivity index (χ3v) is 1.79. The Morgan fingerprint density at radius 3 is 2.69 bits per heavy atom. The van der Waals surface area contributed by atoms with Crippen molar-refractivity contribution in [1.82, 2.24) is 0 Å². The Bertz CT molecular complexity index is 455. The number of isocyanates is 1. The van der Waals surface area contributed by atoms with Crippen molar-refractivity contribution in [3.8, 4) is 0 Å². The zero-order valence-corrected chi connectivity index (χ0v) is 8.47. The van der Waals surface area contributed by atoms with E-state index in [-0.39, 0.29) is 17.1 Å². The summed E-state index contributed by atoms with van der Waals surface area (Å²) in [4.78, 5) is 24.2. The van der Waals surface area contributed by atoms with Crippen molar-refractivity contribution >= 4 is 35.9 Å². The highest BCUT2D eigenvalue weighted by Gasteiger charge is 2.16. The number of carbonyl (C=O) groups excluding carboxylic acids is 2. The van der Waals surface area contributed by atoms with Crippen LogP contribution in [0.4, 0.5) is 11.4 Å². The molecule has 0 bridgehead atoms. The number of aliphatic imine (C=N–C) groups is 1. The Hall–Kier alpha value is -1.95. The molecule has 6 nitrogen and oxygen atoms in total. The van der Waals surface area contributed by atoms with Crippen molar-refractivity contribution in [2.24, 2.45) is 4.99 Å². The van der Waals surface area contributed by atoms with Gasteiger partial charge in [-0.05, 0) is 18.2 Å². The molecule has 0 aliphatic heterocycles. The molecule has 0 aliphatic rings. The average Bonchev–Trinajstić information content (AvgIpc) is 2.19. The number of nitrogens with zero attached hydrogens (tertiary/aromatic N) is 1. The highest BCUT2D eigenvalue weighted by atomic mass is 16.4. The molecule has 0 aliphatic carbocycles. The van der Waals surface area contributed by atoms with Crippen LogP contribution in [0.15, 0.2) is 23.2 Å². The lowest BCUT2D eigenvalue weighted by atomic mass is 9.79. The van der Waals surface area contributed by atoms with Gasteiger partial charge in [0.15, 0.2) is 0 Å². The van der Waals surface area contributed by atoms with Crippen LogP contribution in [0, 0.1) is 0 Å². The van der Waals surface area contributed by atoms with Crippen molar-refractivity contribution < 1.29 is 19.6 Å². The van der Waals surface area contributed by atoms with E-state index in [9.17, 15) is 9.59 Å². The Morgan fingerprint density at radius 1 is 1.50 bits per heavy atom. The van der Waals surface area contributed by atoms with Gasteiger partial charge in [0, 0.05) is 18.1 Å². The average molecular weight is 220 g/mol. The number of hydrogen-bond acceptors (Lipinski definition) is 5. The summed E-state index contributed by atoms with van der Waals surface area (Å²) in [5, 5.41) is 20.6. The zero-order chi connectivity index (χ0) is 12.1. The summed E-state index contributed by atoms with van der Waals surface area (Å²) in [6.45, 7) is 1.33. The van der Waals surface area contributed by atoms with Crippen molar-refractivity contribution in [2.75, 3.05) is 5.32 Å². The Morgan fingerprint density at radius 2 is 2.19 bits per heavy atom. The number of rotatable bonds is 3. The first-order valence-electron chi connectivity index (χ1n) is 4.40. The Kier molecular flexibility index (Phi) is 3.96. The fourth-order valence-electron chi connectivity index (χ4n) is 1.19. The van der Waals surface area contributed by atoms with Crippen molar-refractivity contribution in [1.29, 1.82) is 0 Å². The number of carbonyl (C=O) groups is 1. The highest BCUT2D eigenvalue weighted by Crippen LogP contribution is 2.14. The van der Waals surface area contributed by atoms with Crippen molar-refractivity contribution in [2.45, 2.75) is 6.92 Å². The van der Waals surface area contributed by atoms with Crippen LogP contribution in [0.2, 0.25) is 0 Å². The first kappa shape index (κ1) is 12.1. The molecule has 0 heterocycles. The van der Waals surface area contributed by atoms with Gasteiger partial charge in [0.2, 0.25) is 12.0 Å². The minimum Gasteiger partial charge on any atom is -0.423 e. The monoisotopic (exact) mass is 220 g/mol. The lowest BCUT2D eigenvalue weighted by Crippen LogP contribution is -2.30. The number of hydrogen-bond donors (Lipinski definition) is 3. The van der Waals surface area contributed by atoms with Gasteiger partial charge in [0.05, 0.1) is 5.69 Å². The topological polar surface area (TPSA) is 99.0 Å². The lowest BCUT2D eigenvalue weighted by molar-refractivity contribution is -0.114. The molecule has 0 radical (unpaired) electrons. The highest BCUT2D eigenvalue weighted by molar-refractivity contribution is 6.60. The smallest absolute Gasteiger partial charge is 0.423 e. The Labute approximate surface area is 91.8 Å². The maximum atomic E-state index is 10.8.